The first-order valence-electron chi connectivity index (χ1n) is 6.04. The minimum atomic E-state index is -0.262. The number of nitrogens with zero attached hydrogens (tertiary/aromatic N) is 1. The average Bonchev–Trinajstić information content (AvgIpc) is 2.74. The summed E-state index contributed by atoms with van der Waals surface area (Å²) in [5, 5.41) is 0. The van der Waals surface area contributed by atoms with E-state index >= 15 is 0 Å². The number of hydrogen-bond acceptors (Lipinski definition) is 2. The van der Waals surface area contributed by atoms with Crippen molar-refractivity contribution in [2.24, 2.45) is 0 Å². The molecule has 0 spiro atoms. The molecule has 1 rings (SSSR count). The Kier molecular flexibility index (Phi) is 4.09. The highest BCUT2D eigenvalue weighted by molar-refractivity contribution is 6.01. The molecule has 0 aromatic rings. The Morgan fingerprint density at radius 3 is 2.07 bits per heavy atom. The molecule has 1 heterocycles. The minimum absolute atomic E-state index is 0.245. The van der Waals surface area contributed by atoms with Gasteiger partial charge in [0.15, 0.2) is 5.78 Å². The van der Waals surface area contributed by atoms with Crippen molar-refractivity contribution in [1.29, 1.82) is 0 Å². The van der Waals surface area contributed by atoms with Gasteiger partial charge >= 0.3 is 0 Å². The highest BCUT2D eigenvalue weighted by atomic mass is 16.1. The van der Waals surface area contributed by atoms with Crippen LogP contribution in [0.25, 0.3) is 0 Å². The maximum Gasteiger partial charge on any atom is 0.178 e. The predicted molar refractivity (Wildman–Crippen MR) is 63.9 cm³/mol. The molecule has 2 nitrogen and oxygen atoms in total. The molecular weight excluding hydrogens is 186 g/mol. The van der Waals surface area contributed by atoms with Gasteiger partial charge in [0.05, 0.1) is 5.54 Å². The standard InChI is InChI=1S/C13H23NO/c1-5-13(6-2,12(15)11(3)4)14-9-7-8-10-14/h3,5-10H2,1-2,4H3. The van der Waals surface area contributed by atoms with E-state index in [1.165, 1.54) is 12.8 Å². The van der Waals surface area contributed by atoms with Crippen LogP contribution in [-0.2, 0) is 4.79 Å². The van der Waals surface area contributed by atoms with E-state index in [4.69, 9.17) is 0 Å². The summed E-state index contributed by atoms with van der Waals surface area (Å²) in [6.45, 7) is 12.0. The van der Waals surface area contributed by atoms with Crippen LogP contribution in [0.15, 0.2) is 12.2 Å². The molecule has 0 bridgehead atoms. The van der Waals surface area contributed by atoms with Crippen LogP contribution in [0.2, 0.25) is 0 Å². The van der Waals surface area contributed by atoms with Gasteiger partial charge < -0.3 is 0 Å². The van der Waals surface area contributed by atoms with Crippen LogP contribution in [0, 0.1) is 0 Å². The first-order chi connectivity index (χ1) is 7.08. The van der Waals surface area contributed by atoms with Crippen LogP contribution in [0.3, 0.4) is 0 Å². The third-order valence-electron chi connectivity index (χ3n) is 3.69. The van der Waals surface area contributed by atoms with Gasteiger partial charge in [0.25, 0.3) is 0 Å². The molecule has 0 N–H and O–H groups in total. The van der Waals surface area contributed by atoms with Gasteiger partial charge in [0, 0.05) is 0 Å². The molecule has 0 aliphatic carbocycles. The Balaban J connectivity index is 2.94. The van der Waals surface area contributed by atoms with Crippen LogP contribution in [0.5, 0.6) is 0 Å². The molecule has 2 heteroatoms. The molecule has 1 fully saturated rings. The molecule has 0 radical (unpaired) electrons. The fraction of sp³-hybridized carbons (Fsp3) is 0.769. The molecule has 0 unspecified atom stereocenters. The summed E-state index contributed by atoms with van der Waals surface area (Å²) in [6.07, 6.45) is 4.25. The molecule has 0 atom stereocenters. The third kappa shape index (κ3) is 2.15. The van der Waals surface area contributed by atoms with Gasteiger partial charge in [0.2, 0.25) is 0 Å². The van der Waals surface area contributed by atoms with Gasteiger partial charge in [-0.25, -0.2) is 0 Å². The lowest BCUT2D eigenvalue weighted by Crippen LogP contribution is -2.52. The van der Waals surface area contributed by atoms with Gasteiger partial charge in [-0.15, -0.1) is 0 Å². The van der Waals surface area contributed by atoms with Crippen LogP contribution in [-0.4, -0.2) is 29.3 Å². The van der Waals surface area contributed by atoms with E-state index in [1.807, 2.05) is 6.92 Å². The zero-order chi connectivity index (χ0) is 11.5. The fourth-order valence-corrected chi connectivity index (χ4v) is 2.70. The number of Topliss-reactive ketones (excluding diaryl/α,β-unsaturated/α-hetero) is 1. The molecule has 15 heavy (non-hydrogen) atoms. The maximum atomic E-state index is 12.3. The number of likely N-dealkylation sites (tertiary alicyclic amines) is 1. The normalized spacial score (nSPS) is 18.1. The Labute approximate surface area is 93.3 Å². The van der Waals surface area contributed by atoms with Gasteiger partial charge in [-0.3, -0.25) is 9.69 Å². The Morgan fingerprint density at radius 1 is 1.27 bits per heavy atom. The summed E-state index contributed by atoms with van der Waals surface area (Å²) >= 11 is 0. The zero-order valence-corrected chi connectivity index (χ0v) is 10.3. The van der Waals surface area contributed by atoms with Crippen molar-refractivity contribution in [2.45, 2.75) is 52.0 Å². The van der Waals surface area contributed by atoms with Gasteiger partial charge in [0.1, 0.15) is 0 Å². The van der Waals surface area contributed by atoms with Gasteiger partial charge in [-0.05, 0) is 51.3 Å². The van der Waals surface area contributed by atoms with Crippen LogP contribution in [0.1, 0.15) is 46.5 Å². The molecule has 0 aromatic carbocycles. The number of hydrogen-bond donors (Lipinski definition) is 0. The summed E-state index contributed by atoms with van der Waals surface area (Å²) in [7, 11) is 0. The largest absolute Gasteiger partial charge is 0.292 e. The summed E-state index contributed by atoms with van der Waals surface area (Å²) in [4.78, 5) is 14.6. The lowest BCUT2D eigenvalue weighted by atomic mass is 9.83. The van der Waals surface area contributed by atoms with Gasteiger partial charge in [-0.2, -0.15) is 0 Å². The first kappa shape index (κ1) is 12.4. The topological polar surface area (TPSA) is 20.3 Å². The maximum absolute atomic E-state index is 12.3. The van der Waals surface area contributed by atoms with Crippen molar-refractivity contribution in [3.05, 3.63) is 12.2 Å². The van der Waals surface area contributed by atoms with E-state index in [-0.39, 0.29) is 11.3 Å². The smallest absolute Gasteiger partial charge is 0.178 e. The van der Waals surface area contributed by atoms with E-state index in [9.17, 15) is 4.79 Å². The highest BCUT2D eigenvalue weighted by Gasteiger charge is 2.41. The summed E-state index contributed by atoms with van der Waals surface area (Å²) in [5.74, 6) is 0.245. The third-order valence-corrected chi connectivity index (χ3v) is 3.69. The SMILES string of the molecule is C=C(C)C(=O)C(CC)(CC)N1CCCC1. The quantitative estimate of drug-likeness (QED) is 0.649. The van der Waals surface area contributed by atoms with Crippen molar-refractivity contribution in [3.8, 4) is 0 Å². The van der Waals surface area contributed by atoms with Crippen molar-refractivity contribution >= 4 is 5.78 Å². The second-order valence-corrected chi connectivity index (χ2v) is 4.54. The van der Waals surface area contributed by atoms with E-state index in [0.29, 0.717) is 5.57 Å². The molecule has 1 aliphatic heterocycles. The zero-order valence-electron chi connectivity index (χ0n) is 10.3. The molecule has 1 aliphatic rings. The lowest BCUT2D eigenvalue weighted by molar-refractivity contribution is -0.127. The first-order valence-corrected chi connectivity index (χ1v) is 6.04. The number of carbonyl (C=O) groups excluding carboxylic acids is 1. The Hall–Kier alpha value is -0.630. The minimum Gasteiger partial charge on any atom is -0.292 e. The van der Waals surface area contributed by atoms with Crippen LogP contribution >= 0.6 is 0 Å². The van der Waals surface area contributed by atoms with E-state index in [2.05, 4.69) is 25.3 Å². The van der Waals surface area contributed by atoms with Crippen molar-refractivity contribution in [3.63, 3.8) is 0 Å². The summed E-state index contributed by atoms with van der Waals surface area (Å²) in [6, 6.07) is 0. The van der Waals surface area contributed by atoms with E-state index in [1.54, 1.807) is 0 Å². The van der Waals surface area contributed by atoms with E-state index in [0.717, 1.165) is 25.9 Å². The van der Waals surface area contributed by atoms with Crippen molar-refractivity contribution in [2.75, 3.05) is 13.1 Å². The monoisotopic (exact) mass is 209 g/mol. The molecule has 0 saturated carbocycles. The predicted octanol–water partition coefficient (Wildman–Crippen LogP) is 2.79. The fourth-order valence-electron chi connectivity index (χ4n) is 2.70. The second kappa shape index (κ2) is 4.93. The van der Waals surface area contributed by atoms with Crippen LogP contribution in [0.4, 0.5) is 0 Å². The molecular formula is C13H23NO. The highest BCUT2D eigenvalue weighted by Crippen LogP contribution is 2.30. The number of carbonyl (C=O) groups is 1. The molecule has 0 amide bonds. The van der Waals surface area contributed by atoms with Crippen molar-refractivity contribution < 1.29 is 4.79 Å². The Bertz CT molecular complexity index is 247. The summed E-state index contributed by atoms with van der Waals surface area (Å²) in [5.41, 5.74) is 0.438. The summed E-state index contributed by atoms with van der Waals surface area (Å²) < 4.78 is 0. The molecule has 1 saturated heterocycles. The van der Waals surface area contributed by atoms with Crippen LogP contribution < -0.4 is 0 Å². The molecule has 86 valence electrons. The average molecular weight is 209 g/mol. The van der Waals surface area contributed by atoms with Crippen molar-refractivity contribution in [1.82, 2.24) is 4.90 Å². The van der Waals surface area contributed by atoms with E-state index < -0.39 is 0 Å². The number of ketones is 1. The molecule has 0 aromatic heterocycles. The Morgan fingerprint density at radius 2 is 1.73 bits per heavy atom. The van der Waals surface area contributed by atoms with Gasteiger partial charge in [-0.1, -0.05) is 20.4 Å². The number of rotatable bonds is 5. The lowest BCUT2D eigenvalue weighted by Gasteiger charge is -2.39. The second-order valence-electron chi connectivity index (χ2n) is 4.54.